The Kier molecular flexibility index (Phi) is 12.8. The van der Waals surface area contributed by atoms with Crippen LogP contribution in [0.5, 0.6) is 0 Å². The van der Waals surface area contributed by atoms with Gasteiger partial charge in [0.25, 0.3) is 0 Å². The maximum Gasteiger partial charge on any atom is 0.303 e. The molecule has 0 bridgehead atoms. The molecule has 246 valence electrons. The monoisotopic (exact) mass is 636 g/mol. The van der Waals surface area contributed by atoms with Crippen LogP contribution in [-0.4, -0.2) is 82.1 Å². The lowest BCUT2D eigenvalue weighted by molar-refractivity contribution is -0.146. The molecule has 6 amide bonds. The number of nitrogens with zero attached hydrogens (tertiary/aromatic N) is 1. The van der Waals surface area contributed by atoms with Crippen molar-refractivity contribution in [3.8, 4) is 0 Å². The van der Waals surface area contributed by atoms with Gasteiger partial charge < -0.3 is 37.4 Å². The van der Waals surface area contributed by atoms with Crippen molar-refractivity contribution in [2.45, 2.75) is 75.5 Å². The van der Waals surface area contributed by atoms with Crippen molar-refractivity contribution in [1.29, 1.82) is 0 Å². The summed E-state index contributed by atoms with van der Waals surface area (Å²) in [6, 6.07) is 8.44. The first-order valence-electron chi connectivity index (χ1n) is 15.0. The molecular formula is C32H40N6O8. The van der Waals surface area contributed by atoms with Gasteiger partial charge in [-0.2, -0.15) is 0 Å². The van der Waals surface area contributed by atoms with E-state index in [1.165, 1.54) is 4.90 Å². The van der Waals surface area contributed by atoms with Gasteiger partial charge in [-0.3, -0.25) is 33.6 Å². The molecule has 0 saturated carbocycles. The third-order valence-corrected chi connectivity index (χ3v) is 7.76. The van der Waals surface area contributed by atoms with E-state index in [4.69, 9.17) is 16.6 Å². The van der Waals surface area contributed by atoms with Crippen molar-refractivity contribution >= 4 is 52.2 Å². The molecule has 0 aliphatic carbocycles. The van der Waals surface area contributed by atoms with Crippen LogP contribution in [0, 0.1) is 0 Å². The molecule has 2 aromatic rings. The normalized spacial score (nSPS) is 16.3. The van der Waals surface area contributed by atoms with Gasteiger partial charge in [-0.1, -0.05) is 49.0 Å². The average molecular weight is 637 g/mol. The SMILES string of the molecule is C=CC(=O)N[C@@H](CCC(=O)O)C(=O)N1CCCC[C@H]1C(=O)N[C@@H](Cc1ccc2ccccc2c1)C(=O)N[C@@H](CCC(N)=O)C(N)=O. The Hall–Kier alpha value is -5.27. The number of hydrogen-bond acceptors (Lipinski definition) is 7. The number of primary amides is 2. The van der Waals surface area contributed by atoms with E-state index in [2.05, 4.69) is 22.5 Å². The Morgan fingerprint density at radius 1 is 0.891 bits per heavy atom. The fourth-order valence-corrected chi connectivity index (χ4v) is 5.35. The minimum absolute atomic E-state index is 0.0149. The summed E-state index contributed by atoms with van der Waals surface area (Å²) in [4.78, 5) is 88.9. The Labute approximate surface area is 265 Å². The molecule has 46 heavy (non-hydrogen) atoms. The first kappa shape index (κ1) is 35.2. The lowest BCUT2D eigenvalue weighted by Crippen LogP contribution is -2.60. The molecule has 8 N–H and O–H groups in total. The first-order chi connectivity index (χ1) is 21.9. The van der Waals surface area contributed by atoms with Gasteiger partial charge in [0.05, 0.1) is 0 Å². The van der Waals surface area contributed by atoms with Crippen molar-refractivity contribution in [3.63, 3.8) is 0 Å². The van der Waals surface area contributed by atoms with E-state index in [9.17, 15) is 33.6 Å². The Bertz CT molecular complexity index is 1490. The van der Waals surface area contributed by atoms with Gasteiger partial charge >= 0.3 is 5.97 Å². The molecule has 2 aromatic carbocycles. The van der Waals surface area contributed by atoms with Crippen molar-refractivity contribution in [2.75, 3.05) is 6.54 Å². The van der Waals surface area contributed by atoms with Crippen LogP contribution in [0.1, 0.15) is 50.5 Å². The highest BCUT2D eigenvalue weighted by molar-refractivity contribution is 5.97. The number of nitrogens with one attached hydrogen (secondary N) is 3. The zero-order chi connectivity index (χ0) is 33.8. The Balaban J connectivity index is 1.88. The maximum absolute atomic E-state index is 13.8. The van der Waals surface area contributed by atoms with Crippen LogP contribution < -0.4 is 27.4 Å². The fraction of sp³-hybridized carbons (Fsp3) is 0.406. The maximum atomic E-state index is 13.8. The minimum atomic E-state index is -1.23. The standard InChI is InChI=1S/C32H40N6O8/c1-2-27(40)35-23(13-15-28(41)42)32(46)38-16-6-5-9-25(38)31(45)37-24(30(44)36-22(29(34)43)12-14-26(33)39)18-19-10-11-20-7-3-4-8-21(20)17-19/h2-4,7-8,10-11,17,22-25H,1,5-6,9,12-16,18H2,(H2,33,39)(H2,34,43)(H,35,40)(H,36,44)(H,37,45)(H,41,42)/t22-,23-,24-,25-/m0/s1. The second-order valence-corrected chi connectivity index (χ2v) is 11.2. The van der Waals surface area contributed by atoms with Crippen molar-refractivity contribution in [1.82, 2.24) is 20.9 Å². The average Bonchev–Trinajstić information content (AvgIpc) is 3.03. The van der Waals surface area contributed by atoms with E-state index >= 15 is 0 Å². The molecule has 14 heteroatoms. The third kappa shape index (κ3) is 10.1. The van der Waals surface area contributed by atoms with E-state index in [1.54, 1.807) is 6.07 Å². The zero-order valence-electron chi connectivity index (χ0n) is 25.4. The second-order valence-electron chi connectivity index (χ2n) is 11.2. The molecule has 0 aromatic heterocycles. The van der Waals surface area contributed by atoms with E-state index < -0.39 is 72.0 Å². The Morgan fingerprint density at radius 3 is 2.24 bits per heavy atom. The van der Waals surface area contributed by atoms with Gasteiger partial charge in [-0.05, 0) is 54.5 Å². The largest absolute Gasteiger partial charge is 0.481 e. The Morgan fingerprint density at radius 2 is 1.59 bits per heavy atom. The summed E-state index contributed by atoms with van der Waals surface area (Å²) >= 11 is 0. The minimum Gasteiger partial charge on any atom is -0.481 e. The highest BCUT2D eigenvalue weighted by atomic mass is 16.4. The predicted molar refractivity (Wildman–Crippen MR) is 167 cm³/mol. The predicted octanol–water partition coefficient (Wildman–Crippen LogP) is 0.0194. The van der Waals surface area contributed by atoms with Crippen molar-refractivity contribution in [3.05, 3.63) is 60.7 Å². The number of piperidine rings is 1. The third-order valence-electron chi connectivity index (χ3n) is 7.76. The molecule has 1 aliphatic rings. The van der Waals surface area contributed by atoms with Crippen LogP contribution in [0.2, 0.25) is 0 Å². The number of carbonyl (C=O) groups is 7. The quantitative estimate of drug-likeness (QED) is 0.137. The van der Waals surface area contributed by atoms with Crippen LogP contribution in [0.3, 0.4) is 0 Å². The number of amides is 6. The van der Waals surface area contributed by atoms with Gasteiger partial charge in [-0.15, -0.1) is 0 Å². The number of carbonyl (C=O) groups excluding carboxylic acids is 6. The molecule has 0 unspecified atom stereocenters. The molecule has 1 saturated heterocycles. The molecular weight excluding hydrogens is 596 g/mol. The summed E-state index contributed by atoms with van der Waals surface area (Å²) in [5, 5.41) is 18.7. The summed E-state index contributed by atoms with van der Waals surface area (Å²) in [7, 11) is 0. The van der Waals surface area contributed by atoms with Crippen LogP contribution >= 0.6 is 0 Å². The highest BCUT2D eigenvalue weighted by Gasteiger charge is 2.38. The highest BCUT2D eigenvalue weighted by Crippen LogP contribution is 2.21. The number of rotatable bonds is 16. The number of fused-ring (bicyclic) bond motifs is 1. The molecule has 0 radical (unpaired) electrons. The van der Waals surface area contributed by atoms with Crippen molar-refractivity contribution < 1.29 is 38.7 Å². The summed E-state index contributed by atoms with van der Waals surface area (Å²) in [5.74, 6) is -5.42. The van der Waals surface area contributed by atoms with Crippen LogP contribution in [0.15, 0.2) is 55.1 Å². The number of carboxylic acid groups (broad SMARTS) is 1. The van der Waals surface area contributed by atoms with Gasteiger partial charge in [-0.25, -0.2) is 0 Å². The molecule has 0 spiro atoms. The fourth-order valence-electron chi connectivity index (χ4n) is 5.35. The first-order valence-corrected chi connectivity index (χ1v) is 15.0. The van der Waals surface area contributed by atoms with Crippen molar-refractivity contribution in [2.24, 2.45) is 11.5 Å². The number of hydrogen-bond donors (Lipinski definition) is 6. The number of benzene rings is 2. The molecule has 1 fully saturated rings. The van der Waals surface area contributed by atoms with Gasteiger partial charge in [0.1, 0.15) is 24.2 Å². The molecule has 3 rings (SSSR count). The molecule has 14 nitrogen and oxygen atoms in total. The lowest BCUT2D eigenvalue weighted by atomic mass is 9.97. The molecule has 1 heterocycles. The van der Waals surface area contributed by atoms with Gasteiger partial charge in [0, 0.05) is 25.8 Å². The molecule has 4 atom stereocenters. The summed E-state index contributed by atoms with van der Waals surface area (Å²) < 4.78 is 0. The zero-order valence-corrected chi connectivity index (χ0v) is 25.4. The van der Waals surface area contributed by atoms with Gasteiger partial charge in [0.2, 0.25) is 35.4 Å². The van der Waals surface area contributed by atoms with Crippen LogP contribution in [0.25, 0.3) is 10.8 Å². The van der Waals surface area contributed by atoms with Crippen LogP contribution in [0.4, 0.5) is 0 Å². The number of likely N-dealkylation sites (tertiary alicyclic amines) is 1. The van der Waals surface area contributed by atoms with Crippen LogP contribution in [-0.2, 0) is 40.0 Å². The topological polar surface area (TPSA) is 231 Å². The molecule has 1 aliphatic heterocycles. The summed E-state index contributed by atoms with van der Waals surface area (Å²) in [5.41, 5.74) is 11.4. The van der Waals surface area contributed by atoms with E-state index in [-0.39, 0.29) is 38.6 Å². The van der Waals surface area contributed by atoms with E-state index in [0.717, 1.165) is 16.8 Å². The van der Waals surface area contributed by atoms with E-state index in [0.29, 0.717) is 18.4 Å². The summed E-state index contributed by atoms with van der Waals surface area (Å²) in [6.45, 7) is 3.54. The van der Waals surface area contributed by atoms with E-state index in [1.807, 2.05) is 36.4 Å². The number of aliphatic carboxylic acids is 1. The van der Waals surface area contributed by atoms with Gasteiger partial charge in [0.15, 0.2) is 0 Å². The second kappa shape index (κ2) is 16.7. The smallest absolute Gasteiger partial charge is 0.303 e. The number of nitrogens with two attached hydrogens (primary N) is 2. The lowest BCUT2D eigenvalue weighted by Gasteiger charge is -2.37. The summed E-state index contributed by atoms with van der Waals surface area (Å²) in [6.07, 6.45) is 1.45. The number of carboxylic acids is 1.